The number of hydrogen-bond acceptors (Lipinski definition) is 6. The van der Waals surface area contributed by atoms with Crippen LogP contribution >= 0.6 is 12.4 Å². The zero-order valence-electron chi connectivity index (χ0n) is 12.6. The van der Waals surface area contributed by atoms with Crippen molar-refractivity contribution in [2.24, 2.45) is 11.8 Å². The molecule has 2 heterocycles. The molecule has 0 unspecified atom stereocenters. The predicted octanol–water partition coefficient (Wildman–Crippen LogP) is 0.671. The van der Waals surface area contributed by atoms with E-state index in [0.717, 1.165) is 6.54 Å². The molecule has 9 heteroatoms. The average Bonchev–Trinajstić information content (AvgIpc) is 3.19. The maximum atomic E-state index is 11.5. The third-order valence-electron chi connectivity index (χ3n) is 4.07. The van der Waals surface area contributed by atoms with Gasteiger partial charge in [-0.05, 0) is 24.7 Å². The largest absolute Gasteiger partial charge is 0.481 e. The highest BCUT2D eigenvalue weighted by molar-refractivity contribution is 7.88. The summed E-state index contributed by atoms with van der Waals surface area (Å²) in [5.41, 5.74) is 0. The van der Waals surface area contributed by atoms with Gasteiger partial charge in [0.05, 0.1) is 13.4 Å². The number of aromatic nitrogens is 2. The molecule has 1 aromatic rings. The number of sulfonamides is 1. The number of nitrogens with zero attached hydrogens (tertiary/aromatic N) is 3. The minimum absolute atomic E-state index is 0. The van der Waals surface area contributed by atoms with Gasteiger partial charge in [-0.15, -0.1) is 12.4 Å². The van der Waals surface area contributed by atoms with Crippen molar-refractivity contribution in [1.82, 2.24) is 14.7 Å². The third-order valence-corrected chi connectivity index (χ3v) is 4.80. The second-order valence-corrected chi connectivity index (χ2v) is 7.58. The lowest BCUT2D eigenvalue weighted by Gasteiger charge is -2.17. The van der Waals surface area contributed by atoms with Crippen LogP contribution in [0.5, 0.6) is 5.88 Å². The van der Waals surface area contributed by atoms with Crippen molar-refractivity contribution in [2.75, 3.05) is 31.4 Å². The molecule has 0 amide bonds. The van der Waals surface area contributed by atoms with Gasteiger partial charge in [0.25, 0.3) is 0 Å². The van der Waals surface area contributed by atoms with Crippen LogP contribution in [0.1, 0.15) is 12.8 Å². The van der Waals surface area contributed by atoms with Gasteiger partial charge in [-0.2, -0.15) is 4.98 Å². The molecule has 0 spiro atoms. The summed E-state index contributed by atoms with van der Waals surface area (Å²) in [5.74, 6) is 2.05. The van der Waals surface area contributed by atoms with Crippen molar-refractivity contribution in [2.45, 2.75) is 18.9 Å². The summed E-state index contributed by atoms with van der Waals surface area (Å²) in [6, 6.07) is 1.63. The summed E-state index contributed by atoms with van der Waals surface area (Å²) in [5, 5.41) is 0. The molecular formula is C13H21ClN4O3S. The molecule has 3 rings (SSSR count). The Morgan fingerprint density at radius 3 is 2.68 bits per heavy atom. The van der Waals surface area contributed by atoms with Crippen LogP contribution in [0.2, 0.25) is 0 Å². The van der Waals surface area contributed by atoms with Crippen molar-refractivity contribution in [3.63, 3.8) is 0 Å². The smallest absolute Gasteiger partial charge is 0.228 e. The number of nitrogens with one attached hydrogen (secondary N) is 1. The van der Waals surface area contributed by atoms with Crippen LogP contribution in [-0.4, -0.2) is 50.9 Å². The van der Waals surface area contributed by atoms with E-state index in [1.165, 1.54) is 19.1 Å². The summed E-state index contributed by atoms with van der Waals surface area (Å²) in [6.45, 7) is 1.38. The standard InChI is InChI=1S/C13H20N4O3S.ClH/c1-20-12-5-6-14-13(15-12)17-7-10(9-3-4-9)11(8-17)16-21(2,18)19;/h5-6,9-11,16H,3-4,7-8H2,1-2H3;1H/t10-,11+;/m1./s1. The first kappa shape index (κ1) is 17.2. The van der Waals surface area contributed by atoms with Crippen LogP contribution in [-0.2, 0) is 10.0 Å². The van der Waals surface area contributed by atoms with Crippen LogP contribution in [0.25, 0.3) is 0 Å². The monoisotopic (exact) mass is 348 g/mol. The lowest BCUT2D eigenvalue weighted by molar-refractivity contribution is 0.396. The fourth-order valence-corrected chi connectivity index (χ4v) is 3.79. The number of methoxy groups -OCH3 is 1. The molecule has 2 fully saturated rings. The Hall–Kier alpha value is -1.12. The van der Waals surface area contributed by atoms with Gasteiger partial charge in [0, 0.05) is 31.4 Å². The average molecular weight is 349 g/mol. The normalized spacial score (nSPS) is 24.9. The lowest BCUT2D eigenvalue weighted by Crippen LogP contribution is -2.40. The first-order chi connectivity index (χ1) is 9.96. The van der Waals surface area contributed by atoms with E-state index in [1.807, 2.05) is 4.90 Å². The second kappa shape index (κ2) is 6.55. The Kier molecular flexibility index (Phi) is 5.14. The van der Waals surface area contributed by atoms with E-state index >= 15 is 0 Å². The van der Waals surface area contributed by atoms with Gasteiger partial charge in [0.1, 0.15) is 0 Å². The van der Waals surface area contributed by atoms with Gasteiger partial charge >= 0.3 is 0 Å². The van der Waals surface area contributed by atoms with Crippen molar-refractivity contribution in [3.8, 4) is 5.88 Å². The van der Waals surface area contributed by atoms with E-state index in [0.29, 0.717) is 30.2 Å². The molecule has 0 radical (unpaired) electrons. The van der Waals surface area contributed by atoms with E-state index in [4.69, 9.17) is 4.74 Å². The lowest BCUT2D eigenvalue weighted by atomic mass is 9.99. The first-order valence-electron chi connectivity index (χ1n) is 7.05. The molecule has 1 N–H and O–H groups in total. The molecule has 1 aliphatic heterocycles. The summed E-state index contributed by atoms with van der Waals surface area (Å²) in [7, 11) is -1.64. The van der Waals surface area contributed by atoms with E-state index in [2.05, 4.69) is 14.7 Å². The van der Waals surface area contributed by atoms with Crippen LogP contribution < -0.4 is 14.4 Å². The molecule has 0 aromatic carbocycles. The number of halogens is 1. The minimum Gasteiger partial charge on any atom is -0.481 e. The van der Waals surface area contributed by atoms with E-state index < -0.39 is 10.0 Å². The van der Waals surface area contributed by atoms with Gasteiger partial charge in [-0.3, -0.25) is 0 Å². The van der Waals surface area contributed by atoms with Crippen molar-refractivity contribution in [1.29, 1.82) is 0 Å². The highest BCUT2D eigenvalue weighted by Crippen LogP contribution is 2.42. The molecule has 2 atom stereocenters. The van der Waals surface area contributed by atoms with Crippen LogP contribution in [0.4, 0.5) is 5.95 Å². The maximum absolute atomic E-state index is 11.5. The quantitative estimate of drug-likeness (QED) is 0.842. The van der Waals surface area contributed by atoms with E-state index in [-0.39, 0.29) is 18.4 Å². The molecular weight excluding hydrogens is 328 g/mol. The Bertz CT molecular complexity index is 623. The molecule has 2 aliphatic rings. The van der Waals surface area contributed by atoms with Crippen molar-refractivity contribution in [3.05, 3.63) is 12.3 Å². The molecule has 1 saturated heterocycles. The Labute approximate surface area is 136 Å². The topological polar surface area (TPSA) is 84.4 Å². The zero-order chi connectivity index (χ0) is 15.0. The van der Waals surface area contributed by atoms with Crippen LogP contribution in [0.3, 0.4) is 0 Å². The Morgan fingerprint density at radius 2 is 2.09 bits per heavy atom. The highest BCUT2D eigenvalue weighted by Gasteiger charge is 2.44. The highest BCUT2D eigenvalue weighted by atomic mass is 35.5. The SMILES string of the molecule is COc1ccnc(N2C[C@H](NS(C)(=O)=O)[C@@H](C3CC3)C2)n1.Cl. The maximum Gasteiger partial charge on any atom is 0.228 e. The van der Waals surface area contributed by atoms with E-state index in [1.54, 1.807) is 19.4 Å². The summed E-state index contributed by atoms with van der Waals surface area (Å²) in [4.78, 5) is 10.6. The Balaban J connectivity index is 0.00000176. The first-order valence-corrected chi connectivity index (χ1v) is 8.94. The van der Waals surface area contributed by atoms with E-state index in [9.17, 15) is 8.42 Å². The van der Waals surface area contributed by atoms with Gasteiger partial charge in [-0.25, -0.2) is 18.1 Å². The fourth-order valence-electron chi connectivity index (χ4n) is 2.99. The molecule has 22 heavy (non-hydrogen) atoms. The molecule has 1 aliphatic carbocycles. The predicted molar refractivity (Wildman–Crippen MR) is 86.0 cm³/mol. The molecule has 124 valence electrons. The number of anilines is 1. The summed E-state index contributed by atoms with van der Waals surface area (Å²) < 4.78 is 31.0. The van der Waals surface area contributed by atoms with Crippen molar-refractivity contribution >= 4 is 28.4 Å². The zero-order valence-corrected chi connectivity index (χ0v) is 14.2. The minimum atomic E-state index is -3.21. The fraction of sp³-hybridized carbons (Fsp3) is 0.692. The molecule has 7 nitrogen and oxygen atoms in total. The second-order valence-electron chi connectivity index (χ2n) is 5.80. The number of rotatable bonds is 5. The van der Waals surface area contributed by atoms with Gasteiger partial charge < -0.3 is 9.64 Å². The third kappa shape index (κ3) is 3.99. The summed E-state index contributed by atoms with van der Waals surface area (Å²) >= 11 is 0. The van der Waals surface area contributed by atoms with Gasteiger partial charge in [0.2, 0.25) is 21.9 Å². The van der Waals surface area contributed by atoms with Crippen LogP contribution in [0, 0.1) is 11.8 Å². The molecule has 1 saturated carbocycles. The Morgan fingerprint density at radius 1 is 1.36 bits per heavy atom. The molecule has 1 aromatic heterocycles. The van der Waals surface area contributed by atoms with Gasteiger partial charge in [-0.1, -0.05) is 0 Å². The summed E-state index contributed by atoms with van der Waals surface area (Å²) in [6.07, 6.45) is 5.23. The van der Waals surface area contributed by atoms with Crippen molar-refractivity contribution < 1.29 is 13.2 Å². The molecule has 0 bridgehead atoms. The van der Waals surface area contributed by atoms with Crippen LogP contribution in [0.15, 0.2) is 12.3 Å². The number of ether oxygens (including phenoxy) is 1. The van der Waals surface area contributed by atoms with Gasteiger partial charge in [0.15, 0.2) is 0 Å². The number of hydrogen-bond donors (Lipinski definition) is 1.